The molecule has 0 radical (unpaired) electrons. The van der Waals surface area contributed by atoms with Gasteiger partial charge < -0.3 is 4.42 Å². The lowest BCUT2D eigenvalue weighted by Crippen LogP contribution is -2.39. The maximum atomic E-state index is 13.1. The van der Waals surface area contributed by atoms with Crippen molar-refractivity contribution in [3.8, 4) is 0 Å². The fraction of sp³-hybridized carbons (Fsp3) is 0.300. The molecule has 1 aromatic heterocycles. The number of fused-ring (bicyclic) bond motifs is 1. The van der Waals surface area contributed by atoms with Crippen molar-refractivity contribution in [2.24, 2.45) is 0 Å². The first-order valence-corrected chi connectivity index (χ1v) is 10.4. The van der Waals surface area contributed by atoms with Crippen LogP contribution in [0.2, 0.25) is 0 Å². The molecule has 1 unspecified atom stereocenters. The largest absolute Gasteiger partial charge is 0.440 e. The van der Waals surface area contributed by atoms with Gasteiger partial charge in [0.2, 0.25) is 10.0 Å². The highest BCUT2D eigenvalue weighted by Crippen LogP contribution is 2.31. The van der Waals surface area contributed by atoms with Crippen LogP contribution in [0.1, 0.15) is 41.9 Å². The molecule has 2 heterocycles. The van der Waals surface area contributed by atoms with E-state index in [2.05, 4.69) is 4.98 Å². The van der Waals surface area contributed by atoms with E-state index in [1.54, 1.807) is 12.1 Å². The summed E-state index contributed by atoms with van der Waals surface area (Å²) in [5, 5.41) is 0. The summed E-state index contributed by atoms with van der Waals surface area (Å²) in [5.41, 5.74) is 1.88. The number of piperidine rings is 1. The minimum absolute atomic E-state index is 0.0862. The molecule has 0 spiro atoms. The van der Waals surface area contributed by atoms with Gasteiger partial charge in [0.05, 0.1) is 4.90 Å². The number of hydrogen-bond donors (Lipinski definition) is 0. The van der Waals surface area contributed by atoms with Crippen molar-refractivity contribution in [1.29, 1.82) is 0 Å². The van der Waals surface area contributed by atoms with Gasteiger partial charge in [-0.05, 0) is 44.0 Å². The smallest absolute Gasteiger partial charge is 0.243 e. The SMILES string of the molecule is CC(=O)c1cccc(S(=O)(=O)N2CCCC(c3nc4ccccc4o3)C2)c1. The van der Waals surface area contributed by atoms with Crippen molar-refractivity contribution in [3.05, 3.63) is 60.0 Å². The van der Waals surface area contributed by atoms with E-state index in [9.17, 15) is 13.2 Å². The van der Waals surface area contributed by atoms with E-state index in [0.717, 1.165) is 18.4 Å². The molecule has 0 N–H and O–H groups in total. The second-order valence-corrected chi connectivity index (χ2v) is 8.74. The first kappa shape index (κ1) is 17.9. The van der Waals surface area contributed by atoms with Crippen LogP contribution in [0, 0.1) is 0 Å². The average Bonchev–Trinajstić information content (AvgIpc) is 3.12. The van der Waals surface area contributed by atoms with Gasteiger partial charge in [-0.2, -0.15) is 4.31 Å². The molecule has 1 atom stereocenters. The van der Waals surface area contributed by atoms with Gasteiger partial charge in [-0.15, -0.1) is 0 Å². The van der Waals surface area contributed by atoms with E-state index in [1.807, 2.05) is 24.3 Å². The molecule has 140 valence electrons. The molecular weight excluding hydrogens is 364 g/mol. The minimum Gasteiger partial charge on any atom is -0.440 e. The molecule has 7 heteroatoms. The highest BCUT2D eigenvalue weighted by molar-refractivity contribution is 7.89. The minimum atomic E-state index is -3.68. The van der Waals surface area contributed by atoms with Crippen LogP contribution < -0.4 is 0 Å². The summed E-state index contributed by atoms with van der Waals surface area (Å²) in [6.07, 6.45) is 1.56. The van der Waals surface area contributed by atoms with Crippen LogP contribution in [-0.2, 0) is 10.0 Å². The molecule has 0 amide bonds. The van der Waals surface area contributed by atoms with Gasteiger partial charge >= 0.3 is 0 Å². The Hall–Kier alpha value is -2.51. The number of nitrogens with zero attached hydrogens (tertiary/aromatic N) is 2. The van der Waals surface area contributed by atoms with Gasteiger partial charge in [-0.25, -0.2) is 13.4 Å². The molecule has 1 aliphatic rings. The summed E-state index contributed by atoms with van der Waals surface area (Å²) in [6.45, 7) is 2.19. The third-order valence-corrected chi connectivity index (χ3v) is 6.78. The molecular formula is C20H20N2O4S. The number of benzene rings is 2. The van der Waals surface area contributed by atoms with Crippen molar-refractivity contribution < 1.29 is 17.6 Å². The number of ketones is 1. The first-order valence-electron chi connectivity index (χ1n) is 8.92. The Morgan fingerprint density at radius 3 is 2.78 bits per heavy atom. The third-order valence-electron chi connectivity index (χ3n) is 4.92. The molecule has 6 nitrogen and oxygen atoms in total. The Morgan fingerprint density at radius 2 is 2.00 bits per heavy atom. The summed E-state index contributed by atoms with van der Waals surface area (Å²) in [5.74, 6) is 0.334. The van der Waals surface area contributed by atoms with Gasteiger partial charge in [0.15, 0.2) is 17.3 Å². The summed E-state index contributed by atoms with van der Waals surface area (Å²) in [7, 11) is -3.68. The number of carbonyl (C=O) groups excluding carboxylic acids is 1. The topological polar surface area (TPSA) is 80.5 Å². The van der Waals surface area contributed by atoms with Crippen LogP contribution in [0.15, 0.2) is 57.8 Å². The van der Waals surface area contributed by atoms with Gasteiger partial charge in [0.1, 0.15) is 5.52 Å². The van der Waals surface area contributed by atoms with Crippen LogP contribution in [-0.4, -0.2) is 36.6 Å². The van der Waals surface area contributed by atoms with Crippen LogP contribution in [0.5, 0.6) is 0 Å². The van der Waals surface area contributed by atoms with E-state index in [-0.39, 0.29) is 16.6 Å². The van der Waals surface area contributed by atoms with Crippen LogP contribution in [0.3, 0.4) is 0 Å². The van der Waals surface area contributed by atoms with Crippen molar-refractivity contribution in [2.75, 3.05) is 13.1 Å². The van der Waals surface area contributed by atoms with Crippen molar-refractivity contribution in [1.82, 2.24) is 9.29 Å². The van der Waals surface area contributed by atoms with E-state index >= 15 is 0 Å². The summed E-state index contributed by atoms with van der Waals surface area (Å²) < 4.78 is 33.5. The molecule has 1 aliphatic heterocycles. The Balaban J connectivity index is 1.62. The highest BCUT2D eigenvalue weighted by Gasteiger charge is 2.33. The van der Waals surface area contributed by atoms with Crippen molar-refractivity contribution >= 4 is 26.9 Å². The first-order chi connectivity index (χ1) is 12.9. The predicted molar refractivity (Wildman–Crippen MR) is 101 cm³/mol. The van der Waals surface area contributed by atoms with E-state index < -0.39 is 10.0 Å². The monoisotopic (exact) mass is 384 g/mol. The Labute approximate surface area is 157 Å². The zero-order chi connectivity index (χ0) is 19.0. The van der Waals surface area contributed by atoms with Gasteiger partial charge in [0, 0.05) is 24.6 Å². The number of rotatable bonds is 4. The quantitative estimate of drug-likeness (QED) is 0.642. The summed E-state index contributed by atoms with van der Waals surface area (Å²) in [4.78, 5) is 16.3. The predicted octanol–water partition coefficient (Wildman–Crippen LogP) is 3.60. The van der Waals surface area contributed by atoms with Crippen molar-refractivity contribution in [2.45, 2.75) is 30.6 Å². The highest BCUT2D eigenvalue weighted by atomic mass is 32.2. The van der Waals surface area contributed by atoms with Crippen molar-refractivity contribution in [3.63, 3.8) is 0 Å². The summed E-state index contributed by atoms with van der Waals surface area (Å²) >= 11 is 0. The number of para-hydroxylation sites is 2. The lowest BCUT2D eigenvalue weighted by Gasteiger charge is -2.30. The van der Waals surface area contributed by atoms with Gasteiger partial charge in [-0.3, -0.25) is 4.79 Å². The molecule has 1 fully saturated rings. The van der Waals surface area contributed by atoms with Crippen LogP contribution >= 0.6 is 0 Å². The van der Waals surface area contributed by atoms with E-state index in [4.69, 9.17) is 4.42 Å². The molecule has 0 aliphatic carbocycles. The zero-order valence-electron chi connectivity index (χ0n) is 15.0. The molecule has 2 aromatic carbocycles. The maximum Gasteiger partial charge on any atom is 0.243 e. The van der Waals surface area contributed by atoms with Gasteiger partial charge in [-0.1, -0.05) is 24.3 Å². The second-order valence-electron chi connectivity index (χ2n) is 6.81. The van der Waals surface area contributed by atoms with E-state index in [0.29, 0.717) is 30.1 Å². The number of oxazole rings is 1. The number of carbonyl (C=O) groups is 1. The normalized spacial score (nSPS) is 18.6. The number of sulfonamides is 1. The summed E-state index contributed by atoms with van der Waals surface area (Å²) in [6, 6.07) is 13.7. The standard InChI is InChI=1S/C20H20N2O4S/c1-14(23)15-6-4-8-17(12-15)27(24,25)22-11-5-7-16(13-22)20-21-18-9-2-3-10-19(18)26-20/h2-4,6,8-10,12,16H,5,7,11,13H2,1H3. The number of Topliss-reactive ketones (excluding diaryl/α,β-unsaturated/α-hetero) is 1. The Bertz CT molecular complexity index is 1070. The average molecular weight is 384 g/mol. The lowest BCUT2D eigenvalue weighted by molar-refractivity contribution is 0.101. The third kappa shape index (κ3) is 3.40. The Kier molecular flexibility index (Phi) is 4.57. The van der Waals surface area contributed by atoms with Crippen LogP contribution in [0.25, 0.3) is 11.1 Å². The molecule has 4 rings (SSSR count). The lowest BCUT2D eigenvalue weighted by atomic mass is 10.00. The fourth-order valence-electron chi connectivity index (χ4n) is 3.45. The maximum absolute atomic E-state index is 13.1. The Morgan fingerprint density at radius 1 is 1.19 bits per heavy atom. The zero-order valence-corrected chi connectivity index (χ0v) is 15.8. The molecule has 1 saturated heterocycles. The molecule has 0 bridgehead atoms. The number of hydrogen-bond acceptors (Lipinski definition) is 5. The number of aromatic nitrogens is 1. The fourth-order valence-corrected chi connectivity index (χ4v) is 5.02. The molecule has 3 aromatic rings. The van der Waals surface area contributed by atoms with E-state index in [1.165, 1.54) is 23.4 Å². The van der Waals surface area contributed by atoms with Gasteiger partial charge in [0.25, 0.3) is 0 Å². The molecule has 27 heavy (non-hydrogen) atoms. The van der Waals surface area contributed by atoms with Crippen LogP contribution in [0.4, 0.5) is 0 Å². The molecule has 0 saturated carbocycles. The second kappa shape index (κ2) is 6.90.